The predicted octanol–water partition coefficient (Wildman–Crippen LogP) is 4.66. The molecule has 35 heavy (non-hydrogen) atoms. The van der Waals surface area contributed by atoms with Crippen LogP contribution in [0.4, 0.5) is 0 Å². The molecule has 4 aliphatic carbocycles. The molecule has 0 radical (unpaired) electrons. The summed E-state index contributed by atoms with van der Waals surface area (Å²) in [5.41, 5.74) is 1.40. The summed E-state index contributed by atoms with van der Waals surface area (Å²) in [6.45, 7) is 5.36. The van der Waals surface area contributed by atoms with Gasteiger partial charge in [0.15, 0.2) is 11.6 Å². The number of fused-ring (bicyclic) bond motifs is 5. The number of methoxy groups -OCH3 is 1. The Labute approximate surface area is 207 Å². The SMILES string of the molecule is COc1ccc([C@H]2C[C@@]3(C)[C@@H](CCC34OCCO4)[C@@H]3C[C@@H]4O[C@@]45CC4(CC[C@@H]5[C@H]32)OCCO4)cc1. The Bertz CT molecular complexity index is 997. The number of hydrogen-bond acceptors (Lipinski definition) is 6. The molecular formula is C29H38O6. The standard InChI is InChI=1S/C29H38O6/c1-26-16-21(18-3-5-19(30-2)6-4-18)25-20(22(26)8-10-29(26)33-13-14-34-29)15-24-28(35-24)17-27(9-7-23(25)28)31-11-12-32-27/h3-6,20-25H,7-17H2,1-2H3/t20-,21+,22-,23+,24-,25+,26-,28+/m0/s1. The maximum Gasteiger partial charge on any atom is 0.174 e. The van der Waals surface area contributed by atoms with Gasteiger partial charge in [-0.2, -0.15) is 0 Å². The topological polar surface area (TPSA) is 58.7 Å². The van der Waals surface area contributed by atoms with E-state index in [1.54, 1.807) is 7.11 Å². The molecule has 7 aliphatic rings. The normalized spacial score (nSPS) is 48.3. The Morgan fingerprint density at radius 1 is 0.886 bits per heavy atom. The maximum absolute atomic E-state index is 6.72. The number of ether oxygens (including phenoxy) is 6. The second-order valence-electron chi connectivity index (χ2n) is 12.6. The minimum Gasteiger partial charge on any atom is -0.497 e. The fourth-order valence-electron chi connectivity index (χ4n) is 10.1. The van der Waals surface area contributed by atoms with Gasteiger partial charge in [-0.15, -0.1) is 0 Å². The lowest BCUT2D eigenvalue weighted by Gasteiger charge is -2.59. The summed E-state index contributed by atoms with van der Waals surface area (Å²) in [6, 6.07) is 8.89. The molecule has 190 valence electrons. The Kier molecular flexibility index (Phi) is 4.51. The van der Waals surface area contributed by atoms with Crippen molar-refractivity contribution in [1.29, 1.82) is 0 Å². The fourth-order valence-corrected chi connectivity index (χ4v) is 10.1. The van der Waals surface area contributed by atoms with E-state index in [1.807, 2.05) is 0 Å². The quantitative estimate of drug-likeness (QED) is 0.572. The van der Waals surface area contributed by atoms with Crippen LogP contribution in [0, 0.1) is 29.1 Å². The highest BCUT2D eigenvalue weighted by molar-refractivity contribution is 5.34. The highest BCUT2D eigenvalue weighted by Crippen LogP contribution is 2.74. The third-order valence-corrected chi connectivity index (χ3v) is 11.5. The molecule has 3 aliphatic heterocycles. The molecule has 8 rings (SSSR count). The summed E-state index contributed by atoms with van der Waals surface area (Å²) in [7, 11) is 1.74. The van der Waals surface area contributed by atoms with Crippen LogP contribution < -0.4 is 4.74 Å². The van der Waals surface area contributed by atoms with E-state index < -0.39 is 11.6 Å². The largest absolute Gasteiger partial charge is 0.497 e. The van der Waals surface area contributed by atoms with E-state index in [-0.39, 0.29) is 11.0 Å². The van der Waals surface area contributed by atoms with Crippen molar-refractivity contribution >= 4 is 0 Å². The minimum absolute atomic E-state index is 0.0255. The first-order valence-corrected chi connectivity index (χ1v) is 13.9. The molecule has 0 bridgehead atoms. The smallest absolute Gasteiger partial charge is 0.174 e. The fraction of sp³-hybridized carbons (Fsp3) is 0.793. The molecule has 0 aromatic heterocycles. The summed E-state index contributed by atoms with van der Waals surface area (Å²) < 4.78 is 37.6. The van der Waals surface area contributed by atoms with Crippen molar-refractivity contribution in [2.45, 2.75) is 81.1 Å². The zero-order valence-corrected chi connectivity index (χ0v) is 21.0. The number of rotatable bonds is 2. The van der Waals surface area contributed by atoms with Gasteiger partial charge in [0.2, 0.25) is 0 Å². The van der Waals surface area contributed by atoms with Crippen LogP contribution in [0.5, 0.6) is 5.75 Å². The zero-order chi connectivity index (χ0) is 23.5. The summed E-state index contributed by atoms with van der Waals surface area (Å²) in [5, 5.41) is 0. The summed E-state index contributed by atoms with van der Waals surface area (Å²) in [6.07, 6.45) is 7.87. The monoisotopic (exact) mass is 482 g/mol. The molecule has 8 atom stereocenters. The van der Waals surface area contributed by atoms with Crippen molar-refractivity contribution in [3.63, 3.8) is 0 Å². The Morgan fingerprint density at radius 3 is 2.34 bits per heavy atom. The van der Waals surface area contributed by atoms with Gasteiger partial charge in [0.05, 0.1) is 39.6 Å². The van der Waals surface area contributed by atoms with E-state index >= 15 is 0 Å². The van der Waals surface area contributed by atoms with Crippen molar-refractivity contribution in [2.24, 2.45) is 29.1 Å². The Balaban J connectivity index is 1.21. The average molecular weight is 483 g/mol. The number of benzene rings is 1. The summed E-state index contributed by atoms with van der Waals surface area (Å²) in [5.74, 6) is 3.00. The molecule has 4 saturated carbocycles. The molecule has 1 aromatic rings. The molecular weight excluding hydrogens is 444 g/mol. The number of hydrogen-bond donors (Lipinski definition) is 0. The van der Waals surface area contributed by atoms with Crippen LogP contribution >= 0.6 is 0 Å². The molecule has 0 N–H and O–H groups in total. The van der Waals surface area contributed by atoms with E-state index in [9.17, 15) is 0 Å². The van der Waals surface area contributed by atoms with Crippen LogP contribution in [0.1, 0.15) is 63.4 Å². The third-order valence-electron chi connectivity index (χ3n) is 11.5. The Hall–Kier alpha value is -1.18. The molecule has 7 fully saturated rings. The van der Waals surface area contributed by atoms with Crippen molar-refractivity contribution in [3.8, 4) is 5.75 Å². The van der Waals surface area contributed by atoms with Crippen LogP contribution in [0.2, 0.25) is 0 Å². The number of epoxide rings is 1. The lowest BCUT2D eigenvalue weighted by molar-refractivity contribution is -0.249. The molecule has 0 unspecified atom stereocenters. The third kappa shape index (κ3) is 2.78. The highest BCUT2D eigenvalue weighted by Gasteiger charge is 2.76. The minimum atomic E-state index is -0.408. The van der Waals surface area contributed by atoms with Gasteiger partial charge in [-0.25, -0.2) is 0 Å². The first-order chi connectivity index (χ1) is 17.0. The van der Waals surface area contributed by atoms with E-state index in [1.165, 1.54) is 12.0 Å². The molecule has 0 amide bonds. The van der Waals surface area contributed by atoms with E-state index in [0.717, 1.165) is 57.5 Å². The van der Waals surface area contributed by atoms with Gasteiger partial charge in [-0.1, -0.05) is 19.1 Å². The van der Waals surface area contributed by atoms with Crippen LogP contribution in [0.25, 0.3) is 0 Å². The second-order valence-corrected chi connectivity index (χ2v) is 12.6. The molecule has 6 heteroatoms. The molecule has 1 aromatic carbocycles. The van der Waals surface area contributed by atoms with E-state index in [4.69, 9.17) is 28.4 Å². The lowest BCUT2D eigenvalue weighted by Crippen LogP contribution is -2.59. The van der Waals surface area contributed by atoms with Gasteiger partial charge in [-0.05, 0) is 73.0 Å². The van der Waals surface area contributed by atoms with Gasteiger partial charge in [-0.3, -0.25) is 0 Å². The van der Waals surface area contributed by atoms with Gasteiger partial charge in [0.25, 0.3) is 0 Å². The van der Waals surface area contributed by atoms with Gasteiger partial charge < -0.3 is 28.4 Å². The van der Waals surface area contributed by atoms with E-state index in [0.29, 0.717) is 48.9 Å². The van der Waals surface area contributed by atoms with Crippen molar-refractivity contribution in [1.82, 2.24) is 0 Å². The van der Waals surface area contributed by atoms with Crippen molar-refractivity contribution in [3.05, 3.63) is 29.8 Å². The summed E-state index contributed by atoms with van der Waals surface area (Å²) in [4.78, 5) is 0. The first kappa shape index (κ1) is 21.9. The van der Waals surface area contributed by atoms with Crippen LogP contribution in [-0.2, 0) is 23.7 Å². The maximum atomic E-state index is 6.72. The van der Waals surface area contributed by atoms with Gasteiger partial charge in [0, 0.05) is 24.7 Å². The Morgan fingerprint density at radius 2 is 1.60 bits per heavy atom. The van der Waals surface area contributed by atoms with Gasteiger partial charge >= 0.3 is 0 Å². The highest BCUT2D eigenvalue weighted by atomic mass is 16.7. The average Bonchev–Trinajstić information content (AvgIpc) is 3.22. The molecule has 6 nitrogen and oxygen atoms in total. The zero-order valence-electron chi connectivity index (χ0n) is 21.0. The molecule has 3 saturated heterocycles. The van der Waals surface area contributed by atoms with E-state index in [2.05, 4.69) is 31.2 Å². The molecule has 3 spiro atoms. The van der Waals surface area contributed by atoms with Crippen molar-refractivity contribution < 1.29 is 28.4 Å². The van der Waals surface area contributed by atoms with Crippen LogP contribution in [0.3, 0.4) is 0 Å². The van der Waals surface area contributed by atoms with Crippen LogP contribution in [0.15, 0.2) is 24.3 Å². The lowest BCUT2D eigenvalue weighted by atomic mass is 9.46. The summed E-state index contributed by atoms with van der Waals surface area (Å²) >= 11 is 0. The van der Waals surface area contributed by atoms with Crippen LogP contribution in [-0.4, -0.2) is 56.8 Å². The molecule has 3 heterocycles. The van der Waals surface area contributed by atoms with Gasteiger partial charge in [0.1, 0.15) is 11.4 Å². The first-order valence-electron chi connectivity index (χ1n) is 13.9. The van der Waals surface area contributed by atoms with Crippen molar-refractivity contribution in [2.75, 3.05) is 33.5 Å². The predicted molar refractivity (Wildman–Crippen MR) is 127 cm³/mol. The second kappa shape index (κ2) is 7.22.